The van der Waals surface area contributed by atoms with Gasteiger partial charge in [0, 0.05) is 35.9 Å². The van der Waals surface area contributed by atoms with Gasteiger partial charge in [-0.25, -0.2) is 14.1 Å². The zero-order valence-corrected chi connectivity index (χ0v) is 16.5. The van der Waals surface area contributed by atoms with Gasteiger partial charge in [-0.2, -0.15) is 5.10 Å². The van der Waals surface area contributed by atoms with Crippen LogP contribution in [0.3, 0.4) is 0 Å². The summed E-state index contributed by atoms with van der Waals surface area (Å²) in [5.74, 6) is -0.366. The highest BCUT2D eigenvalue weighted by atomic mass is 19.1. The molecule has 0 radical (unpaired) electrons. The molecule has 1 aromatic heterocycles. The minimum absolute atomic E-state index is 0.00878. The van der Waals surface area contributed by atoms with E-state index in [9.17, 15) is 9.18 Å². The summed E-state index contributed by atoms with van der Waals surface area (Å²) < 4.78 is 16.2. The van der Waals surface area contributed by atoms with Gasteiger partial charge >= 0.3 is 0 Å². The molecule has 2 aliphatic heterocycles. The molecule has 0 saturated carbocycles. The van der Waals surface area contributed by atoms with Gasteiger partial charge in [-0.15, -0.1) is 0 Å². The molecule has 7 heteroatoms. The summed E-state index contributed by atoms with van der Waals surface area (Å²) in [6.45, 7) is 2.80. The first-order chi connectivity index (χ1) is 14.7. The van der Waals surface area contributed by atoms with Crippen molar-refractivity contribution >= 4 is 23.4 Å². The molecule has 2 unspecified atom stereocenters. The lowest BCUT2D eigenvalue weighted by Crippen LogP contribution is -2.30. The molecule has 3 aromatic rings. The van der Waals surface area contributed by atoms with E-state index in [1.807, 2.05) is 41.2 Å². The van der Waals surface area contributed by atoms with Crippen molar-refractivity contribution in [3.05, 3.63) is 77.1 Å². The number of rotatable bonds is 4. The Kier molecular flexibility index (Phi) is 4.58. The van der Waals surface area contributed by atoms with E-state index in [2.05, 4.69) is 27.0 Å². The summed E-state index contributed by atoms with van der Waals surface area (Å²) in [4.78, 5) is 26.4. The fraction of sp³-hybridized carbons (Fsp3) is 0.261. The molecule has 2 atom stereocenters. The Bertz CT molecular complexity index is 1180. The number of ketones is 1. The average molecular weight is 401 g/mol. The van der Waals surface area contributed by atoms with Crippen molar-refractivity contribution in [2.75, 3.05) is 6.54 Å². The van der Waals surface area contributed by atoms with Crippen molar-refractivity contribution in [1.29, 1.82) is 0 Å². The number of aliphatic imine (C=N–C) groups is 2. The standard InChI is InChI=1S/C23H20FN5O/c1-2-8-29-23(27-13-28-29)21-17(14-6-4-3-5-7-14)11-25-18-10-15(24)9-16-19(30)12-26-22(21)20(16)18/h3-7,9-11,13,17,21H,2,8,12H2,1H3. The fourth-order valence-electron chi connectivity index (χ4n) is 4.31. The molecule has 0 N–H and O–H groups in total. The molecule has 0 saturated heterocycles. The number of halogens is 1. The van der Waals surface area contributed by atoms with Gasteiger partial charge in [0.25, 0.3) is 0 Å². The second kappa shape index (κ2) is 7.40. The van der Waals surface area contributed by atoms with E-state index in [1.54, 1.807) is 6.33 Å². The van der Waals surface area contributed by atoms with Crippen LogP contribution in [-0.4, -0.2) is 39.0 Å². The summed E-state index contributed by atoms with van der Waals surface area (Å²) in [5.41, 5.74) is 3.15. The Balaban J connectivity index is 1.78. The van der Waals surface area contributed by atoms with Crippen molar-refractivity contribution in [2.45, 2.75) is 31.7 Å². The van der Waals surface area contributed by atoms with Gasteiger partial charge in [-0.05, 0) is 18.1 Å². The normalized spacial score (nSPS) is 19.9. The van der Waals surface area contributed by atoms with Gasteiger partial charge < -0.3 is 0 Å². The Morgan fingerprint density at radius 2 is 2.03 bits per heavy atom. The maximum atomic E-state index is 14.3. The molecule has 5 rings (SSSR count). The van der Waals surface area contributed by atoms with Crippen LogP contribution in [0.25, 0.3) is 0 Å². The van der Waals surface area contributed by atoms with Crippen LogP contribution in [0.1, 0.15) is 52.5 Å². The van der Waals surface area contributed by atoms with Crippen molar-refractivity contribution in [3.63, 3.8) is 0 Å². The van der Waals surface area contributed by atoms with Gasteiger partial charge in [0.1, 0.15) is 24.5 Å². The molecule has 0 amide bonds. The summed E-state index contributed by atoms with van der Waals surface area (Å²) >= 11 is 0. The number of aromatic nitrogens is 3. The number of benzene rings is 2. The molecular weight excluding hydrogens is 381 g/mol. The van der Waals surface area contributed by atoms with Gasteiger partial charge in [-0.3, -0.25) is 14.8 Å². The number of carbonyl (C=O) groups is 1. The van der Waals surface area contributed by atoms with E-state index >= 15 is 0 Å². The highest BCUT2D eigenvalue weighted by molar-refractivity contribution is 6.21. The van der Waals surface area contributed by atoms with E-state index in [4.69, 9.17) is 0 Å². The Hall–Kier alpha value is -3.48. The maximum absolute atomic E-state index is 14.3. The topological polar surface area (TPSA) is 72.5 Å². The van der Waals surface area contributed by atoms with Gasteiger partial charge in [0.15, 0.2) is 5.78 Å². The van der Waals surface area contributed by atoms with Crippen LogP contribution in [0.5, 0.6) is 0 Å². The van der Waals surface area contributed by atoms with Crippen LogP contribution in [0.15, 0.2) is 58.8 Å². The summed E-state index contributed by atoms with van der Waals surface area (Å²) in [6.07, 6.45) is 4.28. The van der Waals surface area contributed by atoms with Crippen LogP contribution in [0, 0.1) is 5.82 Å². The van der Waals surface area contributed by atoms with Crippen molar-refractivity contribution in [1.82, 2.24) is 14.8 Å². The largest absolute Gasteiger partial charge is 0.292 e. The molecule has 6 nitrogen and oxygen atoms in total. The number of aryl methyl sites for hydroxylation is 1. The summed E-state index contributed by atoms with van der Waals surface area (Å²) in [7, 11) is 0. The second-order valence-electron chi connectivity index (χ2n) is 7.51. The lowest BCUT2D eigenvalue weighted by molar-refractivity contribution is 0.0999. The van der Waals surface area contributed by atoms with Gasteiger partial charge in [0.2, 0.25) is 0 Å². The molecule has 150 valence electrons. The van der Waals surface area contributed by atoms with Crippen LogP contribution in [0.4, 0.5) is 10.1 Å². The quantitative estimate of drug-likeness (QED) is 0.661. The number of hydrogen-bond donors (Lipinski definition) is 0. The molecule has 0 bridgehead atoms. The third kappa shape index (κ3) is 2.98. The first-order valence-corrected chi connectivity index (χ1v) is 10.1. The molecule has 0 aliphatic carbocycles. The highest BCUT2D eigenvalue weighted by Crippen LogP contribution is 2.42. The summed E-state index contributed by atoms with van der Waals surface area (Å²) in [5, 5.41) is 4.41. The zero-order valence-electron chi connectivity index (χ0n) is 16.5. The fourth-order valence-corrected chi connectivity index (χ4v) is 4.31. The molecule has 3 heterocycles. The van der Waals surface area contributed by atoms with Gasteiger partial charge in [0.05, 0.1) is 17.3 Å². The Morgan fingerprint density at radius 3 is 2.83 bits per heavy atom. The monoisotopic (exact) mass is 401 g/mol. The van der Waals surface area contributed by atoms with E-state index < -0.39 is 5.82 Å². The summed E-state index contributed by atoms with van der Waals surface area (Å²) in [6, 6.07) is 12.7. The lowest BCUT2D eigenvalue weighted by atomic mass is 9.79. The smallest absolute Gasteiger partial charge is 0.185 e. The molecule has 0 fully saturated rings. The van der Waals surface area contributed by atoms with Crippen LogP contribution >= 0.6 is 0 Å². The third-order valence-electron chi connectivity index (χ3n) is 5.60. The molecular formula is C23H20FN5O. The Morgan fingerprint density at radius 1 is 1.20 bits per heavy atom. The first kappa shape index (κ1) is 18.5. The second-order valence-corrected chi connectivity index (χ2v) is 7.51. The predicted molar refractivity (Wildman–Crippen MR) is 113 cm³/mol. The van der Waals surface area contributed by atoms with Crippen molar-refractivity contribution < 1.29 is 9.18 Å². The van der Waals surface area contributed by atoms with Crippen molar-refractivity contribution in [3.8, 4) is 0 Å². The maximum Gasteiger partial charge on any atom is 0.185 e. The zero-order chi connectivity index (χ0) is 20.7. The molecule has 0 spiro atoms. The first-order valence-electron chi connectivity index (χ1n) is 10.1. The van der Waals surface area contributed by atoms with Crippen LogP contribution in [-0.2, 0) is 6.54 Å². The number of carbonyl (C=O) groups excluding carboxylic acids is 1. The minimum Gasteiger partial charge on any atom is -0.292 e. The van der Waals surface area contributed by atoms with Crippen molar-refractivity contribution in [2.24, 2.45) is 9.98 Å². The molecule has 30 heavy (non-hydrogen) atoms. The number of nitrogens with zero attached hydrogens (tertiary/aromatic N) is 5. The van der Waals surface area contributed by atoms with E-state index in [-0.39, 0.29) is 24.2 Å². The third-order valence-corrected chi connectivity index (χ3v) is 5.60. The average Bonchev–Trinajstić information content (AvgIpc) is 3.14. The lowest BCUT2D eigenvalue weighted by Gasteiger charge is -2.27. The van der Waals surface area contributed by atoms with E-state index in [1.165, 1.54) is 12.1 Å². The predicted octanol–water partition coefficient (Wildman–Crippen LogP) is 4.10. The van der Waals surface area contributed by atoms with E-state index in [0.717, 1.165) is 30.1 Å². The molecule has 2 aromatic carbocycles. The van der Waals surface area contributed by atoms with Crippen LogP contribution < -0.4 is 0 Å². The van der Waals surface area contributed by atoms with Gasteiger partial charge in [-0.1, -0.05) is 37.3 Å². The Labute approximate surface area is 173 Å². The highest BCUT2D eigenvalue weighted by Gasteiger charge is 2.39. The molecule has 2 aliphatic rings. The SMILES string of the molecule is CCCn1ncnc1C1C2=NCC(=O)c3cc(F)cc(c32)N=CC1c1ccccc1. The van der Waals surface area contributed by atoms with Crippen LogP contribution in [0.2, 0.25) is 0 Å². The van der Waals surface area contributed by atoms with E-state index in [0.29, 0.717) is 16.8 Å². The number of Topliss-reactive ketones (excluding diaryl/α,β-unsaturated/α-hetero) is 1. The minimum atomic E-state index is -0.473. The number of hydrogen-bond acceptors (Lipinski definition) is 5.